The maximum atomic E-state index is 2.70. The number of unbranched alkanes of at least 4 members (excludes halogenated alkanes) is 28. The van der Waals surface area contributed by atoms with Crippen LogP contribution >= 0.6 is 0 Å². The first kappa shape index (κ1) is 39.4. The van der Waals surface area contributed by atoms with Gasteiger partial charge >= 0.3 is 0 Å². The minimum atomic E-state index is 0.640. The Balaban J connectivity index is 2.04. The fraction of sp³-hybridized carbons (Fsp3) is 0.950. The summed E-state index contributed by atoms with van der Waals surface area (Å²) in [7, 11) is 0. The van der Waals surface area contributed by atoms with Gasteiger partial charge in [-0.25, -0.2) is 0 Å². The van der Waals surface area contributed by atoms with Crippen LogP contribution < -0.4 is 0 Å². The molecule has 0 spiro atoms. The summed E-state index contributed by atoms with van der Waals surface area (Å²) < 4.78 is 0. The third-order valence-corrected chi connectivity index (χ3v) is 9.82. The second-order valence-corrected chi connectivity index (χ2v) is 13.9. The number of hydrogen-bond donors (Lipinski definition) is 0. The van der Waals surface area contributed by atoms with Crippen LogP contribution in [0.5, 0.6) is 0 Å². The van der Waals surface area contributed by atoms with Crippen molar-refractivity contribution in [2.45, 2.75) is 232 Å². The van der Waals surface area contributed by atoms with Gasteiger partial charge in [-0.1, -0.05) is 201 Å². The van der Waals surface area contributed by atoms with E-state index in [0.29, 0.717) is 6.17 Å². The highest BCUT2D eigenvalue weighted by molar-refractivity contribution is 4.97. The van der Waals surface area contributed by atoms with Gasteiger partial charge in [0.2, 0.25) is 0 Å². The molecule has 1 heterocycles. The SMILES string of the molecule is CCCCCCCCCCCCCCCCCCCN1C=CN(CCCCC)C1CCCCCCCCCCCCC. The molecule has 0 aromatic heterocycles. The smallest absolute Gasteiger partial charge is 0.101 e. The normalized spacial score (nSPS) is 15.0. The van der Waals surface area contributed by atoms with Gasteiger partial charge in [-0.3, -0.25) is 0 Å². The molecular weight excluding hydrogens is 508 g/mol. The molecule has 1 unspecified atom stereocenters. The first-order valence-corrected chi connectivity index (χ1v) is 20.0. The maximum absolute atomic E-state index is 2.70. The number of hydrogen-bond acceptors (Lipinski definition) is 2. The van der Waals surface area contributed by atoms with Crippen LogP contribution in [0.4, 0.5) is 0 Å². The van der Waals surface area contributed by atoms with E-state index in [1.54, 1.807) is 0 Å². The first-order chi connectivity index (χ1) is 20.8. The summed E-state index contributed by atoms with van der Waals surface area (Å²) in [5.74, 6) is 0. The van der Waals surface area contributed by atoms with Crippen LogP contribution in [0.2, 0.25) is 0 Å². The minimum Gasteiger partial charge on any atom is -0.356 e. The van der Waals surface area contributed by atoms with Gasteiger partial charge in [-0.2, -0.15) is 0 Å². The zero-order valence-corrected chi connectivity index (χ0v) is 29.7. The Morgan fingerprint density at radius 2 is 0.548 bits per heavy atom. The molecule has 0 bridgehead atoms. The van der Waals surface area contributed by atoms with E-state index in [9.17, 15) is 0 Å². The average molecular weight is 589 g/mol. The van der Waals surface area contributed by atoms with Gasteiger partial charge in [0.15, 0.2) is 0 Å². The lowest BCUT2D eigenvalue weighted by atomic mass is 10.0. The van der Waals surface area contributed by atoms with Crippen LogP contribution in [0, 0.1) is 0 Å². The van der Waals surface area contributed by atoms with Crippen molar-refractivity contribution in [2.24, 2.45) is 0 Å². The fourth-order valence-electron chi connectivity index (χ4n) is 6.89. The Kier molecular flexibility index (Phi) is 29.8. The lowest BCUT2D eigenvalue weighted by Crippen LogP contribution is -2.39. The topological polar surface area (TPSA) is 6.48 Å². The summed E-state index contributed by atoms with van der Waals surface area (Å²) in [6.45, 7) is 9.47. The zero-order valence-electron chi connectivity index (χ0n) is 29.7. The quantitative estimate of drug-likeness (QED) is 0.0690. The lowest BCUT2D eigenvalue weighted by molar-refractivity contribution is 0.135. The molecule has 0 saturated carbocycles. The maximum Gasteiger partial charge on any atom is 0.101 e. The van der Waals surface area contributed by atoms with Gasteiger partial charge in [-0.15, -0.1) is 0 Å². The predicted molar refractivity (Wildman–Crippen MR) is 191 cm³/mol. The summed E-state index contributed by atoms with van der Waals surface area (Å²) in [5.41, 5.74) is 0. The molecule has 250 valence electrons. The molecule has 0 saturated heterocycles. The highest BCUT2D eigenvalue weighted by Gasteiger charge is 2.24. The molecule has 0 N–H and O–H groups in total. The van der Waals surface area contributed by atoms with Crippen molar-refractivity contribution in [3.05, 3.63) is 12.4 Å². The number of rotatable bonds is 34. The Labute approximate surface area is 267 Å². The van der Waals surface area contributed by atoms with Gasteiger partial charge in [-0.05, 0) is 25.7 Å². The predicted octanol–water partition coefficient (Wildman–Crippen LogP) is 13.9. The molecule has 0 fully saturated rings. The molecular formula is C40H80N2. The summed E-state index contributed by atoms with van der Waals surface area (Å²) in [5, 5.41) is 0. The van der Waals surface area contributed by atoms with Crippen LogP contribution in [0.3, 0.4) is 0 Å². The van der Waals surface area contributed by atoms with Crippen molar-refractivity contribution in [3.63, 3.8) is 0 Å². The van der Waals surface area contributed by atoms with Crippen molar-refractivity contribution >= 4 is 0 Å². The third kappa shape index (κ3) is 23.8. The Bertz CT molecular complexity index is 544. The highest BCUT2D eigenvalue weighted by Crippen LogP contribution is 2.24. The molecule has 0 radical (unpaired) electrons. The van der Waals surface area contributed by atoms with Crippen molar-refractivity contribution in [1.29, 1.82) is 0 Å². The first-order valence-electron chi connectivity index (χ1n) is 20.0. The van der Waals surface area contributed by atoms with E-state index in [4.69, 9.17) is 0 Å². The summed E-state index contributed by atoms with van der Waals surface area (Å²) in [6, 6.07) is 0. The number of nitrogens with zero attached hydrogens (tertiary/aromatic N) is 2. The fourth-order valence-corrected chi connectivity index (χ4v) is 6.89. The van der Waals surface area contributed by atoms with Crippen molar-refractivity contribution < 1.29 is 0 Å². The van der Waals surface area contributed by atoms with Crippen molar-refractivity contribution in [3.8, 4) is 0 Å². The standard InChI is InChI=1S/C40H80N2/c1-4-7-10-12-14-16-18-19-20-21-22-23-25-27-29-31-34-37-42-39-38-41(36-33-9-6-3)40(42)35-32-30-28-26-24-17-15-13-11-8-5-2/h38-40H,4-37H2,1-3H3. The molecule has 42 heavy (non-hydrogen) atoms. The Morgan fingerprint density at radius 1 is 0.310 bits per heavy atom. The molecule has 1 rings (SSSR count). The molecule has 0 aromatic rings. The third-order valence-electron chi connectivity index (χ3n) is 9.82. The second kappa shape index (κ2) is 31.8. The second-order valence-electron chi connectivity index (χ2n) is 13.9. The lowest BCUT2D eigenvalue weighted by Gasteiger charge is -2.33. The molecule has 0 aromatic carbocycles. The summed E-state index contributed by atoms with van der Waals surface area (Å²) in [4.78, 5) is 5.38. The van der Waals surface area contributed by atoms with Gasteiger partial charge < -0.3 is 9.80 Å². The molecule has 2 heteroatoms. The van der Waals surface area contributed by atoms with E-state index < -0.39 is 0 Å². The Hall–Kier alpha value is -0.660. The van der Waals surface area contributed by atoms with Gasteiger partial charge in [0.05, 0.1) is 0 Å². The largest absolute Gasteiger partial charge is 0.356 e. The van der Waals surface area contributed by atoms with E-state index in [2.05, 4.69) is 43.0 Å². The van der Waals surface area contributed by atoms with Gasteiger partial charge in [0.1, 0.15) is 6.17 Å². The van der Waals surface area contributed by atoms with E-state index in [0.717, 1.165) is 0 Å². The monoisotopic (exact) mass is 589 g/mol. The van der Waals surface area contributed by atoms with E-state index in [1.807, 2.05) is 0 Å². The zero-order chi connectivity index (χ0) is 30.2. The van der Waals surface area contributed by atoms with E-state index in [1.165, 1.54) is 219 Å². The minimum absolute atomic E-state index is 0.640. The van der Waals surface area contributed by atoms with E-state index >= 15 is 0 Å². The van der Waals surface area contributed by atoms with Gasteiger partial charge in [0.25, 0.3) is 0 Å². The van der Waals surface area contributed by atoms with Crippen LogP contribution in [-0.2, 0) is 0 Å². The van der Waals surface area contributed by atoms with Crippen LogP contribution in [0.1, 0.15) is 226 Å². The summed E-state index contributed by atoms with van der Waals surface area (Å²) >= 11 is 0. The van der Waals surface area contributed by atoms with Gasteiger partial charge in [0, 0.05) is 25.5 Å². The van der Waals surface area contributed by atoms with E-state index in [-0.39, 0.29) is 0 Å². The summed E-state index contributed by atoms with van der Waals surface area (Å²) in [6.07, 6.45) is 51.5. The van der Waals surface area contributed by atoms with Crippen LogP contribution in [0.25, 0.3) is 0 Å². The molecule has 1 aliphatic heterocycles. The van der Waals surface area contributed by atoms with Crippen molar-refractivity contribution in [2.75, 3.05) is 13.1 Å². The Morgan fingerprint density at radius 3 is 0.881 bits per heavy atom. The average Bonchev–Trinajstić information content (AvgIpc) is 3.38. The highest BCUT2D eigenvalue weighted by atomic mass is 15.4. The molecule has 0 amide bonds. The molecule has 2 nitrogen and oxygen atoms in total. The van der Waals surface area contributed by atoms with Crippen LogP contribution in [-0.4, -0.2) is 29.1 Å². The van der Waals surface area contributed by atoms with Crippen LogP contribution in [0.15, 0.2) is 12.4 Å². The molecule has 0 aliphatic carbocycles. The van der Waals surface area contributed by atoms with Crippen molar-refractivity contribution in [1.82, 2.24) is 9.80 Å². The molecule has 1 aliphatic rings. The molecule has 1 atom stereocenters.